The molecule has 0 atom stereocenters. The van der Waals surface area contributed by atoms with Crippen LogP contribution < -0.4 is 4.90 Å². The molecule has 0 bridgehead atoms. The van der Waals surface area contributed by atoms with Crippen LogP contribution in [0.1, 0.15) is 17.3 Å². The molecule has 0 aliphatic heterocycles. The lowest BCUT2D eigenvalue weighted by molar-refractivity contribution is 0.101. The van der Waals surface area contributed by atoms with Gasteiger partial charge in [-0.3, -0.25) is 4.79 Å². The number of anilines is 1. The third kappa shape index (κ3) is 4.31. The molecule has 4 nitrogen and oxygen atoms in total. The van der Waals surface area contributed by atoms with E-state index in [-0.39, 0.29) is 11.5 Å². The quantitative estimate of drug-likeness (QED) is 0.778. The van der Waals surface area contributed by atoms with Gasteiger partial charge in [0.2, 0.25) is 0 Å². The number of rotatable bonds is 5. The van der Waals surface area contributed by atoms with Crippen LogP contribution >= 0.6 is 11.6 Å². The van der Waals surface area contributed by atoms with Crippen LogP contribution in [-0.4, -0.2) is 39.8 Å². The molecule has 1 rings (SSSR count). The molecule has 6 heteroatoms. The number of benzene rings is 1. The van der Waals surface area contributed by atoms with Gasteiger partial charge in [0.25, 0.3) is 0 Å². The minimum absolute atomic E-state index is 0.0789. The molecule has 0 N–H and O–H groups in total. The van der Waals surface area contributed by atoms with Crippen molar-refractivity contribution in [2.75, 3.05) is 30.5 Å². The Morgan fingerprint density at radius 3 is 2.44 bits per heavy atom. The summed E-state index contributed by atoms with van der Waals surface area (Å²) in [5, 5.41) is 0.381. The SMILES string of the molecule is CC(=O)c1ccc(N(C)CCS(C)(=O)=O)cc1Cl. The Bertz CT molecular complexity index is 554. The van der Waals surface area contributed by atoms with Gasteiger partial charge in [-0.25, -0.2) is 8.42 Å². The van der Waals surface area contributed by atoms with Gasteiger partial charge in [-0.1, -0.05) is 11.6 Å². The maximum Gasteiger partial charge on any atom is 0.161 e. The number of halogens is 1. The normalized spacial score (nSPS) is 11.3. The molecule has 0 unspecified atom stereocenters. The van der Waals surface area contributed by atoms with Crippen LogP contribution in [0.25, 0.3) is 0 Å². The fourth-order valence-electron chi connectivity index (χ4n) is 1.46. The number of sulfone groups is 1. The summed E-state index contributed by atoms with van der Waals surface area (Å²) in [4.78, 5) is 13.0. The molecule has 0 radical (unpaired) electrons. The summed E-state index contributed by atoms with van der Waals surface area (Å²) in [6.45, 7) is 1.84. The molecule has 1 aromatic carbocycles. The Balaban J connectivity index is 2.85. The van der Waals surface area contributed by atoms with Crippen molar-refractivity contribution in [3.05, 3.63) is 28.8 Å². The summed E-state index contributed by atoms with van der Waals surface area (Å²) >= 11 is 5.99. The van der Waals surface area contributed by atoms with Crippen molar-refractivity contribution in [3.63, 3.8) is 0 Å². The number of hydrogen-bond acceptors (Lipinski definition) is 4. The van der Waals surface area contributed by atoms with Crippen molar-refractivity contribution in [2.24, 2.45) is 0 Å². The van der Waals surface area contributed by atoms with E-state index in [0.29, 0.717) is 17.1 Å². The summed E-state index contributed by atoms with van der Waals surface area (Å²) in [5.74, 6) is -0.0133. The third-order valence-electron chi connectivity index (χ3n) is 2.57. The highest BCUT2D eigenvalue weighted by Crippen LogP contribution is 2.23. The molecule has 0 aliphatic carbocycles. The first-order chi connectivity index (χ1) is 8.20. The molecule has 0 saturated carbocycles. The highest BCUT2D eigenvalue weighted by molar-refractivity contribution is 7.90. The zero-order valence-corrected chi connectivity index (χ0v) is 12.2. The smallest absolute Gasteiger partial charge is 0.161 e. The summed E-state index contributed by atoms with van der Waals surface area (Å²) in [5.41, 5.74) is 1.26. The lowest BCUT2D eigenvalue weighted by atomic mass is 10.1. The van der Waals surface area contributed by atoms with Crippen LogP contribution in [0.4, 0.5) is 5.69 Å². The zero-order chi connectivity index (χ0) is 13.9. The number of carbonyl (C=O) groups excluding carboxylic acids is 1. The Morgan fingerprint density at radius 2 is 2.00 bits per heavy atom. The standard InChI is InChI=1S/C12H16ClNO3S/c1-9(15)11-5-4-10(8-12(11)13)14(2)6-7-18(3,16)17/h4-5,8H,6-7H2,1-3H3. The Kier molecular flexibility index (Phi) is 4.76. The second-order valence-electron chi connectivity index (χ2n) is 4.27. The summed E-state index contributed by atoms with van der Waals surface area (Å²) in [7, 11) is -1.21. The molecule has 0 spiro atoms. The highest BCUT2D eigenvalue weighted by Gasteiger charge is 2.10. The van der Waals surface area contributed by atoms with Gasteiger partial charge in [0.1, 0.15) is 9.84 Å². The van der Waals surface area contributed by atoms with Gasteiger partial charge in [-0.15, -0.1) is 0 Å². The average Bonchev–Trinajstić information content (AvgIpc) is 2.24. The first-order valence-electron chi connectivity index (χ1n) is 5.40. The van der Waals surface area contributed by atoms with E-state index >= 15 is 0 Å². The van der Waals surface area contributed by atoms with Crippen molar-refractivity contribution in [1.29, 1.82) is 0 Å². The van der Waals surface area contributed by atoms with E-state index in [0.717, 1.165) is 5.69 Å². The fraction of sp³-hybridized carbons (Fsp3) is 0.417. The number of hydrogen-bond donors (Lipinski definition) is 0. The second kappa shape index (κ2) is 5.71. The van der Waals surface area contributed by atoms with Crippen molar-refractivity contribution >= 4 is 32.9 Å². The molecule has 0 fully saturated rings. The van der Waals surface area contributed by atoms with Crippen LogP contribution in [0.2, 0.25) is 5.02 Å². The Morgan fingerprint density at radius 1 is 1.39 bits per heavy atom. The highest BCUT2D eigenvalue weighted by atomic mass is 35.5. The molecule has 1 aromatic rings. The van der Waals surface area contributed by atoms with E-state index in [1.165, 1.54) is 13.2 Å². The van der Waals surface area contributed by atoms with Crippen molar-refractivity contribution < 1.29 is 13.2 Å². The number of ketones is 1. The monoisotopic (exact) mass is 289 g/mol. The fourth-order valence-corrected chi connectivity index (χ4v) is 2.37. The molecule has 0 heterocycles. The van der Waals surface area contributed by atoms with Crippen LogP contribution in [0.5, 0.6) is 0 Å². The topological polar surface area (TPSA) is 54.5 Å². The number of nitrogens with zero attached hydrogens (tertiary/aromatic N) is 1. The van der Waals surface area contributed by atoms with E-state index in [9.17, 15) is 13.2 Å². The molecule has 0 aliphatic rings. The van der Waals surface area contributed by atoms with Gasteiger partial charge in [-0.2, -0.15) is 0 Å². The van der Waals surface area contributed by atoms with E-state index in [1.54, 1.807) is 30.1 Å². The largest absolute Gasteiger partial charge is 0.374 e. The molecule has 0 saturated heterocycles. The van der Waals surface area contributed by atoms with Gasteiger partial charge in [0.15, 0.2) is 5.78 Å². The molecule has 18 heavy (non-hydrogen) atoms. The Hall–Kier alpha value is -1.07. The molecule has 100 valence electrons. The van der Waals surface area contributed by atoms with Gasteiger partial charge in [0, 0.05) is 31.1 Å². The van der Waals surface area contributed by atoms with Crippen molar-refractivity contribution in [3.8, 4) is 0 Å². The van der Waals surface area contributed by atoms with Gasteiger partial charge < -0.3 is 4.90 Å². The third-order valence-corrected chi connectivity index (χ3v) is 3.81. The van der Waals surface area contributed by atoms with E-state index in [2.05, 4.69) is 0 Å². The second-order valence-corrected chi connectivity index (χ2v) is 6.94. The Labute approximate surface area is 112 Å². The van der Waals surface area contributed by atoms with Gasteiger partial charge in [-0.05, 0) is 25.1 Å². The molecule has 0 aromatic heterocycles. The van der Waals surface area contributed by atoms with Crippen LogP contribution in [-0.2, 0) is 9.84 Å². The molecular formula is C12H16ClNO3S. The first kappa shape index (κ1) is 15.0. The lowest BCUT2D eigenvalue weighted by Crippen LogP contribution is -2.24. The first-order valence-corrected chi connectivity index (χ1v) is 7.84. The molecular weight excluding hydrogens is 274 g/mol. The number of Topliss-reactive ketones (excluding diaryl/α,β-unsaturated/α-hetero) is 1. The summed E-state index contributed by atoms with van der Waals surface area (Å²) < 4.78 is 22.2. The van der Waals surface area contributed by atoms with E-state index in [4.69, 9.17) is 11.6 Å². The zero-order valence-electron chi connectivity index (χ0n) is 10.6. The van der Waals surface area contributed by atoms with Crippen molar-refractivity contribution in [2.45, 2.75) is 6.92 Å². The average molecular weight is 290 g/mol. The van der Waals surface area contributed by atoms with Crippen molar-refractivity contribution in [1.82, 2.24) is 0 Å². The predicted molar refractivity (Wildman–Crippen MR) is 74.4 cm³/mol. The van der Waals surface area contributed by atoms with E-state index in [1.807, 2.05) is 0 Å². The van der Waals surface area contributed by atoms with Gasteiger partial charge >= 0.3 is 0 Å². The predicted octanol–water partition coefficient (Wildman–Crippen LogP) is 2.02. The number of carbonyl (C=O) groups is 1. The van der Waals surface area contributed by atoms with Crippen LogP contribution in [0.3, 0.4) is 0 Å². The maximum absolute atomic E-state index is 11.2. The minimum atomic E-state index is -2.99. The molecule has 0 amide bonds. The van der Waals surface area contributed by atoms with Gasteiger partial charge in [0.05, 0.1) is 10.8 Å². The van der Waals surface area contributed by atoms with Crippen LogP contribution in [0.15, 0.2) is 18.2 Å². The lowest BCUT2D eigenvalue weighted by Gasteiger charge is -2.19. The minimum Gasteiger partial charge on any atom is -0.374 e. The summed E-state index contributed by atoms with van der Waals surface area (Å²) in [6, 6.07) is 5.07. The summed E-state index contributed by atoms with van der Waals surface area (Å²) in [6.07, 6.45) is 1.20. The van der Waals surface area contributed by atoms with Crippen LogP contribution in [0, 0.1) is 0 Å². The maximum atomic E-state index is 11.2. The van der Waals surface area contributed by atoms with E-state index < -0.39 is 9.84 Å².